The van der Waals surface area contributed by atoms with Crippen LogP contribution in [-0.4, -0.2) is 72.0 Å². The van der Waals surface area contributed by atoms with E-state index in [2.05, 4.69) is 9.80 Å². The molecular weight excluding hydrogens is 276 g/mol. The van der Waals surface area contributed by atoms with E-state index in [0.717, 1.165) is 57.1 Å². The minimum absolute atomic E-state index is 0.161. The second-order valence-corrected chi connectivity index (χ2v) is 8.83. The molecule has 4 saturated carbocycles. The van der Waals surface area contributed by atoms with Gasteiger partial charge in [-0.15, -0.1) is 0 Å². The SMILES string of the molecule is O[C@H]1CN(C23CC4CC(CC(C4)C2)C3)C[C@@H]1N1CCOCC1. The monoisotopic (exact) mass is 306 g/mol. The van der Waals surface area contributed by atoms with Gasteiger partial charge in [-0.1, -0.05) is 0 Å². The molecule has 2 aliphatic heterocycles. The van der Waals surface area contributed by atoms with Crippen LogP contribution in [0.1, 0.15) is 38.5 Å². The zero-order valence-corrected chi connectivity index (χ0v) is 13.6. The van der Waals surface area contributed by atoms with Crippen molar-refractivity contribution in [2.75, 3.05) is 39.4 Å². The molecule has 124 valence electrons. The summed E-state index contributed by atoms with van der Waals surface area (Å²) < 4.78 is 5.48. The van der Waals surface area contributed by atoms with E-state index in [-0.39, 0.29) is 6.10 Å². The van der Waals surface area contributed by atoms with Gasteiger partial charge in [0.25, 0.3) is 0 Å². The normalized spacial score (nSPS) is 52.5. The van der Waals surface area contributed by atoms with Crippen LogP contribution in [0.5, 0.6) is 0 Å². The van der Waals surface area contributed by atoms with E-state index in [0.29, 0.717) is 11.6 Å². The molecule has 22 heavy (non-hydrogen) atoms. The van der Waals surface area contributed by atoms with Gasteiger partial charge < -0.3 is 9.84 Å². The number of nitrogens with zero attached hydrogens (tertiary/aromatic N) is 2. The lowest BCUT2D eigenvalue weighted by Crippen LogP contribution is -2.60. The molecule has 6 rings (SSSR count). The number of aliphatic hydroxyl groups excluding tert-OH is 1. The third-order valence-electron chi connectivity index (χ3n) is 7.45. The molecular formula is C18H30N2O2. The lowest BCUT2D eigenvalue weighted by Gasteiger charge is -2.60. The standard InChI is InChI=1S/C18H30N2O2/c21-17-12-20(11-16(17)19-1-3-22-4-2-19)18-8-13-5-14(9-18)7-15(6-13)10-18/h13-17,21H,1-12H2/t13?,14?,15?,16-,17-,18?/m0/s1. The number of hydrogen-bond donors (Lipinski definition) is 1. The van der Waals surface area contributed by atoms with Crippen molar-refractivity contribution in [3.63, 3.8) is 0 Å². The molecule has 0 aromatic rings. The van der Waals surface area contributed by atoms with E-state index >= 15 is 0 Å². The number of aliphatic hydroxyl groups is 1. The number of morpholine rings is 1. The van der Waals surface area contributed by atoms with Crippen LogP contribution in [0.4, 0.5) is 0 Å². The minimum Gasteiger partial charge on any atom is -0.390 e. The fourth-order valence-electron chi connectivity index (χ4n) is 6.88. The largest absolute Gasteiger partial charge is 0.390 e. The van der Waals surface area contributed by atoms with Crippen LogP contribution >= 0.6 is 0 Å². The maximum absolute atomic E-state index is 10.7. The molecule has 4 aliphatic carbocycles. The van der Waals surface area contributed by atoms with E-state index in [9.17, 15) is 5.11 Å². The van der Waals surface area contributed by atoms with Gasteiger partial charge >= 0.3 is 0 Å². The molecule has 1 N–H and O–H groups in total. The molecule has 2 heterocycles. The van der Waals surface area contributed by atoms with E-state index in [1.165, 1.54) is 38.5 Å². The Kier molecular flexibility index (Phi) is 3.34. The van der Waals surface area contributed by atoms with Crippen molar-refractivity contribution in [2.45, 2.75) is 56.2 Å². The third-order valence-corrected chi connectivity index (χ3v) is 7.45. The molecule has 4 bridgehead atoms. The van der Waals surface area contributed by atoms with Crippen molar-refractivity contribution >= 4 is 0 Å². The average Bonchev–Trinajstić information content (AvgIpc) is 2.90. The minimum atomic E-state index is -0.161. The summed E-state index contributed by atoms with van der Waals surface area (Å²) in [7, 11) is 0. The number of rotatable bonds is 2. The molecule has 4 heteroatoms. The van der Waals surface area contributed by atoms with Gasteiger partial charge in [0, 0.05) is 37.8 Å². The van der Waals surface area contributed by atoms with Gasteiger partial charge in [-0.2, -0.15) is 0 Å². The van der Waals surface area contributed by atoms with E-state index < -0.39 is 0 Å². The van der Waals surface area contributed by atoms with E-state index in [1.807, 2.05) is 0 Å². The van der Waals surface area contributed by atoms with Crippen LogP contribution in [0.2, 0.25) is 0 Å². The first kappa shape index (κ1) is 14.2. The van der Waals surface area contributed by atoms with Gasteiger partial charge in [0.2, 0.25) is 0 Å². The van der Waals surface area contributed by atoms with Gasteiger partial charge in [-0.05, 0) is 56.3 Å². The predicted octanol–water partition coefficient (Wildman–Crippen LogP) is 1.33. The summed E-state index contributed by atoms with van der Waals surface area (Å²) in [6.45, 7) is 5.66. The van der Waals surface area contributed by atoms with Crippen molar-refractivity contribution in [2.24, 2.45) is 17.8 Å². The topological polar surface area (TPSA) is 35.9 Å². The van der Waals surface area contributed by atoms with Crippen LogP contribution in [0.3, 0.4) is 0 Å². The van der Waals surface area contributed by atoms with Gasteiger partial charge in [0.15, 0.2) is 0 Å². The highest BCUT2D eigenvalue weighted by molar-refractivity contribution is 5.10. The van der Waals surface area contributed by atoms with Crippen molar-refractivity contribution in [3.8, 4) is 0 Å². The molecule has 4 nitrogen and oxygen atoms in total. The van der Waals surface area contributed by atoms with Crippen molar-refractivity contribution < 1.29 is 9.84 Å². The Balaban J connectivity index is 1.34. The highest BCUT2D eigenvalue weighted by Crippen LogP contribution is 2.58. The zero-order valence-electron chi connectivity index (χ0n) is 13.6. The molecule has 0 amide bonds. The molecule has 2 atom stereocenters. The summed E-state index contributed by atoms with van der Waals surface area (Å²) >= 11 is 0. The quantitative estimate of drug-likeness (QED) is 0.835. The molecule has 2 saturated heterocycles. The predicted molar refractivity (Wildman–Crippen MR) is 84.7 cm³/mol. The Morgan fingerprint density at radius 2 is 1.45 bits per heavy atom. The van der Waals surface area contributed by atoms with Gasteiger partial charge in [-0.3, -0.25) is 9.80 Å². The number of likely N-dealkylation sites (tertiary alicyclic amines) is 1. The van der Waals surface area contributed by atoms with E-state index in [1.54, 1.807) is 0 Å². The van der Waals surface area contributed by atoms with Crippen LogP contribution in [0.15, 0.2) is 0 Å². The van der Waals surface area contributed by atoms with Crippen LogP contribution in [0.25, 0.3) is 0 Å². The second-order valence-electron chi connectivity index (χ2n) is 8.83. The fraction of sp³-hybridized carbons (Fsp3) is 1.00. The first-order valence-electron chi connectivity index (χ1n) is 9.47. The summed E-state index contributed by atoms with van der Waals surface area (Å²) in [5.41, 5.74) is 0.455. The number of hydrogen-bond acceptors (Lipinski definition) is 4. The van der Waals surface area contributed by atoms with Gasteiger partial charge in [0.05, 0.1) is 19.3 Å². The Labute approximate surface area is 133 Å². The molecule has 0 aromatic heterocycles. The smallest absolute Gasteiger partial charge is 0.0834 e. The summed E-state index contributed by atoms with van der Waals surface area (Å²) in [5, 5.41) is 10.7. The average molecular weight is 306 g/mol. The Morgan fingerprint density at radius 3 is 2.05 bits per heavy atom. The molecule has 0 aromatic carbocycles. The van der Waals surface area contributed by atoms with Crippen LogP contribution < -0.4 is 0 Å². The summed E-state index contributed by atoms with van der Waals surface area (Å²) in [4.78, 5) is 5.21. The number of ether oxygens (including phenoxy) is 1. The first-order valence-corrected chi connectivity index (χ1v) is 9.47. The zero-order chi connectivity index (χ0) is 14.7. The molecule has 6 aliphatic rings. The Bertz CT molecular complexity index is 400. The molecule has 0 unspecified atom stereocenters. The Hall–Kier alpha value is -0.160. The van der Waals surface area contributed by atoms with Gasteiger partial charge in [0.1, 0.15) is 0 Å². The second kappa shape index (κ2) is 5.17. The third kappa shape index (κ3) is 2.18. The highest BCUT2D eigenvalue weighted by atomic mass is 16.5. The molecule has 6 fully saturated rings. The highest BCUT2D eigenvalue weighted by Gasteiger charge is 2.55. The van der Waals surface area contributed by atoms with Crippen LogP contribution in [-0.2, 0) is 4.74 Å². The molecule has 0 radical (unpaired) electrons. The number of β-amino-alcohol motifs (C(OH)–C–C–N with tert-alkyl or cyclic N) is 1. The Morgan fingerprint density at radius 1 is 0.864 bits per heavy atom. The van der Waals surface area contributed by atoms with Gasteiger partial charge in [-0.25, -0.2) is 0 Å². The van der Waals surface area contributed by atoms with E-state index in [4.69, 9.17) is 4.74 Å². The van der Waals surface area contributed by atoms with Crippen molar-refractivity contribution in [1.29, 1.82) is 0 Å². The molecule has 0 spiro atoms. The van der Waals surface area contributed by atoms with Crippen LogP contribution in [0, 0.1) is 17.8 Å². The fourth-order valence-corrected chi connectivity index (χ4v) is 6.88. The van der Waals surface area contributed by atoms with Crippen molar-refractivity contribution in [1.82, 2.24) is 9.80 Å². The summed E-state index contributed by atoms with van der Waals surface area (Å²) in [5.74, 6) is 2.97. The summed E-state index contributed by atoms with van der Waals surface area (Å²) in [6, 6.07) is 0.344. The lowest BCUT2D eigenvalue weighted by atomic mass is 9.52. The maximum Gasteiger partial charge on any atom is 0.0834 e. The first-order chi connectivity index (χ1) is 10.7. The summed E-state index contributed by atoms with van der Waals surface area (Å²) in [6.07, 6.45) is 8.60. The maximum atomic E-state index is 10.7. The van der Waals surface area contributed by atoms with Crippen molar-refractivity contribution in [3.05, 3.63) is 0 Å². The lowest BCUT2D eigenvalue weighted by molar-refractivity contribution is -0.0843.